The molecule has 3 rings (SSSR count). The molecule has 1 aromatic carbocycles. The Kier molecular flexibility index (Phi) is 7.12. The highest BCUT2D eigenvalue weighted by molar-refractivity contribution is 6.32. The maximum Gasteiger partial charge on any atom is 0.330 e. The minimum absolute atomic E-state index is 0.155. The fourth-order valence-electron chi connectivity index (χ4n) is 3.26. The zero-order chi connectivity index (χ0) is 21.7. The number of carbonyl (C=O) groups excluding carboxylic acids is 1. The predicted octanol–water partition coefficient (Wildman–Crippen LogP) is 0.974. The first kappa shape index (κ1) is 21.9. The van der Waals surface area contributed by atoms with E-state index in [1.807, 2.05) is 18.2 Å². The average Bonchev–Trinajstić information content (AvgIpc) is 2.75. The lowest BCUT2D eigenvalue weighted by molar-refractivity contribution is -0.127. The smallest absolute Gasteiger partial charge is 0.330 e. The van der Waals surface area contributed by atoms with Gasteiger partial charge in [-0.15, -0.1) is 0 Å². The zero-order valence-corrected chi connectivity index (χ0v) is 17.8. The summed E-state index contributed by atoms with van der Waals surface area (Å²) in [6.07, 6.45) is 4.29. The van der Waals surface area contributed by atoms with E-state index in [2.05, 4.69) is 4.90 Å². The van der Waals surface area contributed by atoms with Crippen LogP contribution in [0.15, 0.2) is 46.1 Å². The molecule has 1 saturated heterocycles. The van der Waals surface area contributed by atoms with E-state index in [9.17, 15) is 14.4 Å². The van der Waals surface area contributed by atoms with Crippen molar-refractivity contribution in [1.82, 2.24) is 18.9 Å². The highest BCUT2D eigenvalue weighted by atomic mass is 35.5. The van der Waals surface area contributed by atoms with Gasteiger partial charge in [0.2, 0.25) is 5.91 Å². The monoisotopic (exact) mass is 432 g/mol. The Balaban J connectivity index is 1.48. The number of ether oxygens (including phenoxy) is 1. The van der Waals surface area contributed by atoms with E-state index in [1.165, 1.54) is 30.0 Å². The Bertz CT molecular complexity index is 1050. The van der Waals surface area contributed by atoms with Gasteiger partial charge < -0.3 is 14.2 Å². The highest BCUT2D eigenvalue weighted by Gasteiger charge is 2.19. The fourth-order valence-corrected chi connectivity index (χ4v) is 3.45. The number of hydrogen-bond donors (Lipinski definition) is 0. The number of rotatable bonds is 6. The molecule has 8 nitrogen and oxygen atoms in total. The van der Waals surface area contributed by atoms with Crippen molar-refractivity contribution < 1.29 is 9.53 Å². The highest BCUT2D eigenvalue weighted by Crippen LogP contribution is 2.22. The van der Waals surface area contributed by atoms with E-state index in [-0.39, 0.29) is 5.91 Å². The van der Waals surface area contributed by atoms with Crippen LogP contribution < -0.4 is 16.0 Å². The van der Waals surface area contributed by atoms with Gasteiger partial charge in [-0.2, -0.15) is 0 Å². The molecular formula is C21H25ClN4O4. The third kappa shape index (κ3) is 5.20. The van der Waals surface area contributed by atoms with Crippen LogP contribution in [-0.2, 0) is 18.9 Å². The number of aromatic nitrogens is 2. The Morgan fingerprint density at radius 3 is 2.53 bits per heavy atom. The molecule has 1 fully saturated rings. The molecule has 2 aromatic rings. The molecule has 1 aromatic heterocycles. The molecule has 160 valence electrons. The maximum absolute atomic E-state index is 12.5. The van der Waals surface area contributed by atoms with Gasteiger partial charge >= 0.3 is 5.69 Å². The molecule has 1 amide bonds. The first-order chi connectivity index (χ1) is 14.4. The molecule has 1 aliphatic rings. The lowest BCUT2D eigenvalue weighted by Crippen LogP contribution is -2.49. The molecule has 0 aliphatic carbocycles. The average molecular weight is 433 g/mol. The summed E-state index contributed by atoms with van der Waals surface area (Å²) < 4.78 is 8.06. The van der Waals surface area contributed by atoms with Crippen LogP contribution in [0.3, 0.4) is 0 Å². The van der Waals surface area contributed by atoms with Gasteiger partial charge in [-0.25, -0.2) is 4.79 Å². The summed E-state index contributed by atoms with van der Waals surface area (Å²) in [6, 6.07) is 7.36. The fraction of sp³-hybridized carbons (Fsp3) is 0.381. The van der Waals surface area contributed by atoms with E-state index >= 15 is 0 Å². The SMILES string of the molecule is Cn1cc(/C=C/C(=O)N2CCN(CCOc3ccccc3Cl)CC2)c(=O)n(C)c1=O. The van der Waals surface area contributed by atoms with Crippen molar-refractivity contribution >= 4 is 23.6 Å². The number of nitrogens with zero attached hydrogens (tertiary/aromatic N) is 4. The van der Waals surface area contributed by atoms with Crippen LogP contribution in [0.1, 0.15) is 5.56 Å². The number of carbonyl (C=O) groups is 1. The molecule has 0 bridgehead atoms. The van der Waals surface area contributed by atoms with Crippen LogP contribution in [0.25, 0.3) is 6.08 Å². The van der Waals surface area contributed by atoms with E-state index in [4.69, 9.17) is 16.3 Å². The van der Waals surface area contributed by atoms with Crippen LogP contribution in [0, 0.1) is 0 Å². The van der Waals surface area contributed by atoms with Crippen molar-refractivity contribution in [2.75, 3.05) is 39.3 Å². The molecule has 0 spiro atoms. The van der Waals surface area contributed by atoms with Gasteiger partial charge in [0.05, 0.1) is 10.6 Å². The summed E-state index contributed by atoms with van der Waals surface area (Å²) in [5, 5.41) is 0.591. The summed E-state index contributed by atoms with van der Waals surface area (Å²) in [6.45, 7) is 3.95. The number of benzene rings is 1. The largest absolute Gasteiger partial charge is 0.491 e. The third-order valence-electron chi connectivity index (χ3n) is 5.06. The number of aryl methyl sites for hydroxylation is 1. The van der Waals surface area contributed by atoms with Crippen LogP contribution in [0.5, 0.6) is 5.75 Å². The van der Waals surface area contributed by atoms with Gasteiger partial charge in [-0.05, 0) is 18.2 Å². The van der Waals surface area contributed by atoms with Gasteiger partial charge in [-0.3, -0.25) is 19.1 Å². The molecular weight excluding hydrogens is 408 g/mol. The number of hydrogen-bond acceptors (Lipinski definition) is 5. The minimum Gasteiger partial charge on any atom is -0.491 e. The molecule has 0 unspecified atom stereocenters. The molecule has 30 heavy (non-hydrogen) atoms. The predicted molar refractivity (Wildman–Crippen MR) is 116 cm³/mol. The Morgan fingerprint density at radius 2 is 1.83 bits per heavy atom. The van der Waals surface area contributed by atoms with Gasteiger partial charge in [0.15, 0.2) is 0 Å². The van der Waals surface area contributed by atoms with Gasteiger partial charge in [-0.1, -0.05) is 23.7 Å². The number of piperazine rings is 1. The van der Waals surface area contributed by atoms with Gasteiger partial charge in [0.25, 0.3) is 5.56 Å². The van der Waals surface area contributed by atoms with Crippen LogP contribution >= 0.6 is 11.6 Å². The van der Waals surface area contributed by atoms with Crippen molar-refractivity contribution in [3.63, 3.8) is 0 Å². The van der Waals surface area contributed by atoms with Crippen molar-refractivity contribution in [3.8, 4) is 5.75 Å². The van der Waals surface area contributed by atoms with E-state index < -0.39 is 11.2 Å². The van der Waals surface area contributed by atoms with Crippen LogP contribution in [-0.4, -0.2) is 64.2 Å². The molecule has 0 atom stereocenters. The molecule has 0 radical (unpaired) electrons. The normalized spacial score (nSPS) is 15.0. The van der Waals surface area contributed by atoms with Crippen molar-refractivity contribution in [2.24, 2.45) is 14.1 Å². The van der Waals surface area contributed by atoms with Crippen molar-refractivity contribution in [3.05, 3.63) is 68.0 Å². The second-order valence-electron chi connectivity index (χ2n) is 7.12. The van der Waals surface area contributed by atoms with Crippen LogP contribution in [0.4, 0.5) is 0 Å². The van der Waals surface area contributed by atoms with E-state index in [0.717, 1.165) is 24.2 Å². The second-order valence-corrected chi connectivity index (χ2v) is 7.53. The summed E-state index contributed by atoms with van der Waals surface area (Å²) in [4.78, 5) is 40.3. The standard InChI is InChI=1S/C21H25ClN4O4/c1-23-15-16(20(28)24(2)21(23)29)7-8-19(27)26-11-9-25(10-12-26)13-14-30-18-6-4-3-5-17(18)22/h3-8,15H,9-14H2,1-2H3/b8-7+. The Labute approximate surface area is 179 Å². The topological polar surface area (TPSA) is 76.8 Å². The summed E-state index contributed by atoms with van der Waals surface area (Å²) in [5.41, 5.74) is -0.535. The Hall–Kier alpha value is -2.84. The molecule has 1 aliphatic heterocycles. The quantitative estimate of drug-likeness (QED) is 0.636. The number of para-hydroxylation sites is 1. The summed E-state index contributed by atoms with van der Waals surface area (Å²) in [5.74, 6) is 0.514. The van der Waals surface area contributed by atoms with Gasteiger partial charge in [0.1, 0.15) is 12.4 Å². The molecule has 2 heterocycles. The molecule has 0 N–H and O–H groups in total. The summed E-state index contributed by atoms with van der Waals surface area (Å²) in [7, 11) is 2.98. The third-order valence-corrected chi connectivity index (χ3v) is 5.38. The number of halogens is 1. The van der Waals surface area contributed by atoms with E-state index in [0.29, 0.717) is 36.0 Å². The van der Waals surface area contributed by atoms with Crippen molar-refractivity contribution in [2.45, 2.75) is 0 Å². The first-order valence-electron chi connectivity index (χ1n) is 9.70. The summed E-state index contributed by atoms with van der Waals surface area (Å²) >= 11 is 6.08. The van der Waals surface area contributed by atoms with Crippen LogP contribution in [0.2, 0.25) is 5.02 Å². The number of amides is 1. The molecule has 0 saturated carbocycles. The lowest BCUT2D eigenvalue weighted by atomic mass is 10.2. The van der Waals surface area contributed by atoms with Gasteiger partial charge in [0, 0.05) is 59.1 Å². The van der Waals surface area contributed by atoms with E-state index in [1.54, 1.807) is 18.0 Å². The maximum atomic E-state index is 12.5. The lowest BCUT2D eigenvalue weighted by Gasteiger charge is -2.34. The Morgan fingerprint density at radius 1 is 1.13 bits per heavy atom. The zero-order valence-electron chi connectivity index (χ0n) is 17.1. The minimum atomic E-state index is -0.425. The second kappa shape index (κ2) is 9.77. The molecule has 9 heteroatoms. The first-order valence-corrected chi connectivity index (χ1v) is 10.1. The van der Waals surface area contributed by atoms with Crippen molar-refractivity contribution in [1.29, 1.82) is 0 Å².